The van der Waals surface area contributed by atoms with Gasteiger partial charge in [-0.2, -0.15) is 0 Å². The molecule has 3 aromatic carbocycles. The number of fused-ring (bicyclic) bond motifs is 3. The summed E-state index contributed by atoms with van der Waals surface area (Å²) in [5.74, 6) is -0.321. The minimum absolute atomic E-state index is 0.115. The number of aromatic nitrogens is 2. The predicted molar refractivity (Wildman–Crippen MR) is 124 cm³/mol. The van der Waals surface area contributed by atoms with Gasteiger partial charge < -0.3 is 0 Å². The third-order valence-corrected chi connectivity index (χ3v) is 6.62. The van der Waals surface area contributed by atoms with Crippen LogP contribution in [-0.4, -0.2) is 8.97 Å². The number of thiazole rings is 1. The molecule has 148 valence electrons. The average molecular weight is 433 g/mol. The fourth-order valence-corrected chi connectivity index (χ4v) is 5.20. The maximum atomic E-state index is 13.8. The lowest BCUT2D eigenvalue weighted by Crippen LogP contribution is -2.23. The normalized spacial score (nSPS) is 11.4. The lowest BCUT2D eigenvalue weighted by atomic mass is 10.1. The van der Waals surface area contributed by atoms with E-state index < -0.39 is 0 Å². The van der Waals surface area contributed by atoms with E-state index in [9.17, 15) is 9.18 Å². The van der Waals surface area contributed by atoms with E-state index in [0.717, 1.165) is 32.7 Å². The molecule has 0 spiro atoms. The number of para-hydroxylation sites is 1. The quantitative estimate of drug-likeness (QED) is 0.317. The zero-order valence-corrected chi connectivity index (χ0v) is 17.8. The molecule has 0 aliphatic rings. The Bertz CT molecular complexity index is 1530. The maximum absolute atomic E-state index is 13.8. The molecule has 5 aromatic rings. The Kier molecular flexibility index (Phi) is 4.60. The summed E-state index contributed by atoms with van der Waals surface area (Å²) in [6.07, 6.45) is 0. The Hall–Kier alpha value is -3.09. The molecule has 0 atom stereocenters. The van der Waals surface area contributed by atoms with Gasteiger partial charge in [0, 0.05) is 0 Å². The molecule has 0 fully saturated rings. The molecule has 0 amide bonds. The van der Waals surface area contributed by atoms with Gasteiger partial charge in [0.25, 0.3) is 5.56 Å². The third kappa shape index (κ3) is 3.09. The van der Waals surface area contributed by atoms with Crippen LogP contribution in [-0.2, 0) is 6.54 Å². The number of rotatable bonds is 3. The van der Waals surface area contributed by atoms with Gasteiger partial charge in [-0.3, -0.25) is 13.8 Å². The topological polar surface area (TPSA) is 26.4 Å². The summed E-state index contributed by atoms with van der Waals surface area (Å²) >= 11 is 7.20. The highest BCUT2D eigenvalue weighted by Gasteiger charge is 2.18. The van der Waals surface area contributed by atoms with Crippen LogP contribution in [0.2, 0.25) is 0 Å². The van der Waals surface area contributed by atoms with Gasteiger partial charge in [0.1, 0.15) is 11.5 Å². The van der Waals surface area contributed by atoms with Crippen molar-refractivity contribution in [3.05, 3.63) is 104 Å². The van der Waals surface area contributed by atoms with Gasteiger partial charge >= 0.3 is 0 Å². The first-order valence-electron chi connectivity index (χ1n) is 9.51. The molecule has 0 unspecified atom stereocenters. The average Bonchev–Trinajstić information content (AvgIpc) is 3.09. The van der Waals surface area contributed by atoms with E-state index in [2.05, 4.69) is 0 Å². The van der Waals surface area contributed by atoms with Gasteiger partial charge in [-0.25, -0.2) is 4.39 Å². The first-order valence-corrected chi connectivity index (χ1v) is 10.7. The van der Waals surface area contributed by atoms with E-state index in [1.165, 1.54) is 23.5 Å². The summed E-state index contributed by atoms with van der Waals surface area (Å²) < 4.78 is 18.2. The molecule has 0 saturated heterocycles. The molecule has 0 aliphatic heterocycles. The van der Waals surface area contributed by atoms with Crippen LogP contribution in [0.1, 0.15) is 11.1 Å². The number of nitrogens with zero attached hydrogens (tertiary/aromatic N) is 2. The molecule has 0 aliphatic carbocycles. The van der Waals surface area contributed by atoms with E-state index >= 15 is 0 Å². The Labute approximate surface area is 181 Å². The fourth-order valence-electron chi connectivity index (χ4n) is 3.77. The molecular formula is C24H17FN2OS2. The van der Waals surface area contributed by atoms with E-state index in [4.69, 9.17) is 12.2 Å². The van der Waals surface area contributed by atoms with Crippen LogP contribution in [0.4, 0.5) is 4.39 Å². The van der Waals surface area contributed by atoms with Gasteiger partial charge in [0.2, 0.25) is 0 Å². The predicted octanol–water partition coefficient (Wildman–Crippen LogP) is 6.21. The Morgan fingerprint density at radius 3 is 2.53 bits per heavy atom. The third-order valence-electron chi connectivity index (χ3n) is 5.21. The van der Waals surface area contributed by atoms with Crippen molar-refractivity contribution in [1.82, 2.24) is 8.97 Å². The van der Waals surface area contributed by atoms with Crippen LogP contribution in [0.15, 0.2) is 77.6 Å². The van der Waals surface area contributed by atoms with Crippen LogP contribution in [0.5, 0.6) is 0 Å². The molecule has 0 radical (unpaired) electrons. The lowest BCUT2D eigenvalue weighted by Gasteiger charge is -2.13. The molecule has 6 heteroatoms. The van der Waals surface area contributed by atoms with Gasteiger partial charge in [-0.15, -0.1) is 11.3 Å². The highest BCUT2D eigenvalue weighted by atomic mass is 32.1. The van der Waals surface area contributed by atoms with Crippen LogP contribution < -0.4 is 5.56 Å². The molecule has 0 bridgehead atoms. The minimum Gasteiger partial charge on any atom is -0.288 e. The molecule has 0 N–H and O–H groups in total. The highest BCUT2D eigenvalue weighted by molar-refractivity contribution is 7.73. The van der Waals surface area contributed by atoms with Crippen molar-refractivity contribution in [3.8, 4) is 10.4 Å². The number of halogens is 1. The molecule has 2 aromatic heterocycles. The molecule has 0 saturated carbocycles. The number of benzene rings is 3. The van der Waals surface area contributed by atoms with Gasteiger partial charge in [-0.05, 0) is 54.5 Å². The molecule has 2 heterocycles. The maximum Gasteiger partial charge on any atom is 0.261 e. The van der Waals surface area contributed by atoms with Crippen molar-refractivity contribution in [1.29, 1.82) is 0 Å². The van der Waals surface area contributed by atoms with Gasteiger partial charge in [0.15, 0.2) is 3.95 Å². The largest absolute Gasteiger partial charge is 0.288 e. The summed E-state index contributed by atoms with van der Waals surface area (Å²) in [4.78, 5) is 14.4. The van der Waals surface area contributed by atoms with Gasteiger partial charge in [-0.1, -0.05) is 54.1 Å². The SMILES string of the molecule is Cc1ccc(-c2sc(=S)n3c4ccccc4c(=O)n(Cc4cccc(F)c4)c23)cc1. The Morgan fingerprint density at radius 2 is 1.77 bits per heavy atom. The second kappa shape index (κ2) is 7.31. The molecular weight excluding hydrogens is 415 g/mol. The van der Waals surface area contributed by atoms with Crippen molar-refractivity contribution < 1.29 is 4.39 Å². The number of aryl methyl sites for hydroxylation is 1. The zero-order chi connectivity index (χ0) is 20.8. The summed E-state index contributed by atoms with van der Waals surface area (Å²) in [5.41, 5.74) is 4.29. The highest BCUT2D eigenvalue weighted by Crippen LogP contribution is 2.33. The summed E-state index contributed by atoms with van der Waals surface area (Å²) in [6, 6.07) is 22.0. The number of hydrogen-bond donors (Lipinski definition) is 0. The van der Waals surface area contributed by atoms with Crippen LogP contribution in [0.25, 0.3) is 27.0 Å². The van der Waals surface area contributed by atoms with Crippen molar-refractivity contribution in [3.63, 3.8) is 0 Å². The first-order chi connectivity index (χ1) is 14.5. The summed E-state index contributed by atoms with van der Waals surface area (Å²) in [6.45, 7) is 2.30. The van der Waals surface area contributed by atoms with Crippen molar-refractivity contribution in [2.45, 2.75) is 13.5 Å². The smallest absolute Gasteiger partial charge is 0.261 e. The van der Waals surface area contributed by atoms with Crippen LogP contribution >= 0.6 is 23.6 Å². The lowest BCUT2D eigenvalue weighted by molar-refractivity contribution is 0.623. The van der Waals surface area contributed by atoms with E-state index in [1.807, 2.05) is 65.9 Å². The van der Waals surface area contributed by atoms with Crippen molar-refractivity contribution in [2.75, 3.05) is 0 Å². The summed E-state index contributed by atoms with van der Waals surface area (Å²) in [5, 5.41) is 0.589. The second-order valence-electron chi connectivity index (χ2n) is 7.26. The van der Waals surface area contributed by atoms with Crippen LogP contribution in [0, 0.1) is 16.7 Å². The standard InChI is InChI=1S/C24H17FN2OS2/c1-15-9-11-17(12-10-15)21-22-26(14-16-5-4-6-18(25)13-16)23(28)19-7-2-3-8-20(19)27(22)24(29)30-21/h2-13H,14H2,1H3. The minimum atomic E-state index is -0.321. The number of hydrogen-bond acceptors (Lipinski definition) is 3. The van der Waals surface area contributed by atoms with Crippen molar-refractivity contribution in [2.24, 2.45) is 0 Å². The van der Waals surface area contributed by atoms with Crippen molar-refractivity contribution >= 4 is 40.1 Å². The van der Waals surface area contributed by atoms with Crippen LogP contribution in [0.3, 0.4) is 0 Å². The summed E-state index contributed by atoms with van der Waals surface area (Å²) in [7, 11) is 0. The Balaban J connectivity index is 1.90. The monoisotopic (exact) mass is 432 g/mol. The van der Waals surface area contributed by atoms with E-state index in [0.29, 0.717) is 9.34 Å². The molecule has 3 nitrogen and oxygen atoms in total. The second-order valence-corrected chi connectivity index (χ2v) is 8.90. The first kappa shape index (κ1) is 18.9. The Morgan fingerprint density at radius 1 is 1.00 bits per heavy atom. The zero-order valence-electron chi connectivity index (χ0n) is 16.1. The fraction of sp³-hybridized carbons (Fsp3) is 0.0833. The van der Waals surface area contributed by atoms with E-state index in [-0.39, 0.29) is 17.9 Å². The molecule has 5 rings (SSSR count). The van der Waals surface area contributed by atoms with E-state index in [1.54, 1.807) is 10.6 Å². The molecule has 30 heavy (non-hydrogen) atoms. The van der Waals surface area contributed by atoms with Gasteiger partial charge in [0.05, 0.1) is 22.3 Å².